The number of para-hydroxylation sites is 7. The maximum atomic E-state index is 7.40. The minimum Gasteiger partial charge on any atom is -0.458 e. The third-order valence-electron chi connectivity index (χ3n) is 19.6. The summed E-state index contributed by atoms with van der Waals surface area (Å²) >= 11 is 3.73. The minimum atomic E-state index is -0.194. The maximum Gasteiger partial charge on any atom is 0.256 e. The number of hydrogen-bond acceptors (Lipinski definition) is 8. The van der Waals surface area contributed by atoms with E-state index in [1.54, 1.807) is 0 Å². The van der Waals surface area contributed by atoms with Crippen molar-refractivity contribution in [1.29, 1.82) is 0 Å². The quantitative estimate of drug-likeness (QED) is 0.134. The van der Waals surface area contributed by atoms with Gasteiger partial charge in [0.1, 0.15) is 11.5 Å². The first-order chi connectivity index (χ1) is 46.7. The molecule has 4 aliphatic heterocycles. The van der Waals surface area contributed by atoms with Crippen LogP contribution in [0.2, 0.25) is 0 Å². The Hall–Kier alpha value is -11.6. The van der Waals surface area contributed by atoms with Gasteiger partial charge in [-0.2, -0.15) is 0 Å². The Morgan fingerprint density at radius 2 is 0.713 bits per heavy atom. The summed E-state index contributed by atoms with van der Waals surface area (Å²) in [6.07, 6.45) is 0. The lowest BCUT2D eigenvalue weighted by molar-refractivity contribution is 0.487. The average Bonchev–Trinajstić information content (AvgIpc) is 0.741. The standard InChI is InChI=1S/C84H53B2N5OS2/c1-6-26-54(27-7-1)87(55-28-8-2-9-29-55)59-48-74-81-75(49-59)91(71-44-25-39-64-62-37-17-23-47-80(62)94-84(64)71)69-42-20-18-40-65(69)85(81)67-52-68-73(53-72(67)89(74)57-32-12-4-13-33-57)90(58-34-14-5-15-35-58)76-50-60(51-78-82(76)86(68)66-41-19-21-45-77(66)92-78)88(56-30-10-3-11-31-56)70-43-24-38-63-61-36-16-22-46-79(61)93-83(63)70/h1-53H. The van der Waals surface area contributed by atoms with E-state index in [-0.39, 0.29) is 13.4 Å². The smallest absolute Gasteiger partial charge is 0.256 e. The van der Waals surface area contributed by atoms with E-state index in [0.29, 0.717) is 0 Å². The van der Waals surface area contributed by atoms with Gasteiger partial charge in [0.15, 0.2) is 0 Å². The van der Waals surface area contributed by atoms with E-state index < -0.39 is 0 Å². The van der Waals surface area contributed by atoms with Crippen LogP contribution in [-0.2, 0) is 0 Å². The van der Waals surface area contributed by atoms with Crippen molar-refractivity contribution >= 4 is 195 Å². The first kappa shape index (κ1) is 53.1. The molecule has 0 radical (unpaired) electrons. The molecule has 0 spiro atoms. The number of anilines is 15. The highest BCUT2D eigenvalue weighted by Crippen LogP contribution is 2.54. The van der Waals surface area contributed by atoms with Crippen LogP contribution in [0.1, 0.15) is 0 Å². The molecule has 0 aliphatic carbocycles. The fourth-order valence-electron chi connectivity index (χ4n) is 15.8. The van der Waals surface area contributed by atoms with Crippen molar-refractivity contribution in [3.8, 4) is 11.5 Å². The molecule has 4 aliphatic rings. The molecule has 6 nitrogen and oxygen atoms in total. The topological polar surface area (TPSA) is 25.4 Å². The van der Waals surface area contributed by atoms with Gasteiger partial charge in [0.25, 0.3) is 13.4 Å². The van der Waals surface area contributed by atoms with E-state index in [2.05, 4.69) is 346 Å². The Labute approximate surface area is 553 Å². The second-order valence-electron chi connectivity index (χ2n) is 24.7. The molecule has 20 rings (SSSR count). The van der Waals surface area contributed by atoms with Gasteiger partial charge in [-0.3, -0.25) is 0 Å². The highest BCUT2D eigenvalue weighted by molar-refractivity contribution is 7.27. The van der Waals surface area contributed by atoms with Crippen molar-refractivity contribution < 1.29 is 4.74 Å². The van der Waals surface area contributed by atoms with E-state index in [1.807, 2.05) is 22.7 Å². The lowest BCUT2D eigenvalue weighted by Crippen LogP contribution is -2.64. The highest BCUT2D eigenvalue weighted by Gasteiger charge is 2.48. The zero-order valence-corrected chi connectivity index (χ0v) is 52.3. The molecule has 438 valence electrons. The van der Waals surface area contributed by atoms with Crippen LogP contribution in [0.3, 0.4) is 0 Å². The summed E-state index contributed by atoms with van der Waals surface area (Å²) in [7, 11) is 0. The van der Waals surface area contributed by atoms with Crippen molar-refractivity contribution in [1.82, 2.24) is 0 Å². The summed E-state index contributed by atoms with van der Waals surface area (Å²) in [6.45, 7) is -0.380. The molecule has 6 heterocycles. The third-order valence-corrected chi connectivity index (χ3v) is 22.0. The van der Waals surface area contributed by atoms with Crippen LogP contribution < -0.4 is 62.0 Å². The lowest BCUT2D eigenvalue weighted by Gasteiger charge is -2.46. The number of ether oxygens (including phenoxy) is 1. The molecule has 0 atom stereocenters. The Balaban J connectivity index is 0.885. The molecule has 14 aromatic carbocycles. The van der Waals surface area contributed by atoms with Crippen molar-refractivity contribution in [3.63, 3.8) is 0 Å². The molecular formula is C84H53B2N5OS2. The van der Waals surface area contributed by atoms with Crippen molar-refractivity contribution in [3.05, 3.63) is 322 Å². The van der Waals surface area contributed by atoms with E-state index in [9.17, 15) is 0 Å². The second-order valence-corrected chi connectivity index (χ2v) is 26.8. The van der Waals surface area contributed by atoms with Crippen molar-refractivity contribution in [2.45, 2.75) is 0 Å². The fourth-order valence-corrected chi connectivity index (χ4v) is 18.2. The number of benzene rings is 14. The Bertz CT molecular complexity index is 5690. The molecule has 0 saturated heterocycles. The van der Waals surface area contributed by atoms with Crippen LogP contribution >= 0.6 is 22.7 Å². The predicted molar refractivity (Wildman–Crippen MR) is 401 cm³/mol. The van der Waals surface area contributed by atoms with Gasteiger partial charge >= 0.3 is 0 Å². The third kappa shape index (κ3) is 7.97. The first-order valence-corrected chi connectivity index (χ1v) is 33.8. The number of rotatable bonds is 9. The molecule has 16 aromatic rings. The molecule has 0 unspecified atom stereocenters. The van der Waals surface area contributed by atoms with E-state index in [0.717, 1.165) is 108 Å². The monoisotopic (exact) mass is 1230 g/mol. The maximum absolute atomic E-state index is 7.40. The second kappa shape index (κ2) is 21.0. The average molecular weight is 1230 g/mol. The van der Waals surface area contributed by atoms with E-state index in [4.69, 9.17) is 4.74 Å². The van der Waals surface area contributed by atoms with E-state index in [1.165, 1.54) is 62.2 Å². The molecule has 0 bridgehead atoms. The molecule has 0 amide bonds. The molecular weight excluding hydrogens is 1180 g/mol. The van der Waals surface area contributed by atoms with Gasteiger partial charge in [0.05, 0.1) is 32.1 Å². The summed E-state index contributed by atoms with van der Waals surface area (Å²) in [5.41, 5.74) is 23.6. The summed E-state index contributed by atoms with van der Waals surface area (Å²) in [6, 6.07) is 119. The van der Waals surface area contributed by atoms with Gasteiger partial charge in [-0.15, -0.1) is 22.7 Å². The van der Waals surface area contributed by atoms with Crippen LogP contribution in [0, 0.1) is 0 Å². The zero-order valence-electron chi connectivity index (χ0n) is 50.7. The Morgan fingerprint density at radius 1 is 0.266 bits per heavy atom. The van der Waals surface area contributed by atoms with Crippen molar-refractivity contribution in [2.75, 3.05) is 24.5 Å². The predicted octanol–water partition coefficient (Wildman–Crippen LogP) is 19.8. The van der Waals surface area contributed by atoms with Gasteiger partial charge in [-0.25, -0.2) is 0 Å². The lowest BCUT2D eigenvalue weighted by atomic mass is 9.30. The molecule has 10 heteroatoms. The molecule has 94 heavy (non-hydrogen) atoms. The summed E-state index contributed by atoms with van der Waals surface area (Å²) in [5, 5.41) is 5.04. The van der Waals surface area contributed by atoms with Crippen LogP contribution in [0.4, 0.5) is 85.3 Å². The number of nitrogens with zero attached hydrogens (tertiary/aromatic N) is 5. The van der Waals surface area contributed by atoms with Crippen molar-refractivity contribution in [2.24, 2.45) is 0 Å². The summed E-state index contributed by atoms with van der Waals surface area (Å²) < 4.78 is 12.4. The number of thiophene rings is 2. The Morgan fingerprint density at radius 3 is 1.34 bits per heavy atom. The fraction of sp³-hybridized carbons (Fsp3) is 0. The molecule has 0 N–H and O–H groups in total. The largest absolute Gasteiger partial charge is 0.458 e. The van der Waals surface area contributed by atoms with E-state index >= 15 is 0 Å². The minimum absolute atomic E-state index is 0.185. The molecule has 0 saturated carbocycles. The normalized spacial score (nSPS) is 13.1. The van der Waals surface area contributed by atoms with Crippen LogP contribution in [0.5, 0.6) is 11.5 Å². The van der Waals surface area contributed by atoms with Crippen LogP contribution in [-0.4, -0.2) is 13.4 Å². The first-order valence-electron chi connectivity index (χ1n) is 32.1. The van der Waals surface area contributed by atoms with Gasteiger partial charge < -0.3 is 29.2 Å². The van der Waals surface area contributed by atoms with Gasteiger partial charge in [0, 0.05) is 99.6 Å². The number of fused-ring (bicyclic) bond motifs is 14. The van der Waals surface area contributed by atoms with Gasteiger partial charge in [-0.05, 0) is 154 Å². The summed E-state index contributed by atoms with van der Waals surface area (Å²) in [5.74, 6) is 1.70. The molecule has 0 fully saturated rings. The van der Waals surface area contributed by atoms with Gasteiger partial charge in [-0.1, -0.05) is 194 Å². The SMILES string of the molecule is c1ccc(N(c2ccccc2)c2cc3c4c(c2)N(c2cccc5c2sc2ccccc25)c2ccccc2B4c2cc4c(cc2N3c2ccccc2)N(c2ccccc2)c2cc(N(c3ccccc3)c3cccc5c3sc3ccccc35)cc3c2B4c2ccccc2O3)cc1. The van der Waals surface area contributed by atoms with Crippen LogP contribution in [0.15, 0.2) is 322 Å². The molecule has 2 aromatic heterocycles. The van der Waals surface area contributed by atoms with Gasteiger partial charge in [0.2, 0.25) is 0 Å². The Kier molecular flexibility index (Phi) is 11.9. The zero-order chi connectivity index (χ0) is 61.5. The van der Waals surface area contributed by atoms with Crippen LogP contribution in [0.25, 0.3) is 40.3 Å². The number of hydrogen-bond donors (Lipinski definition) is 0. The highest BCUT2D eigenvalue weighted by atomic mass is 32.1. The summed E-state index contributed by atoms with van der Waals surface area (Å²) in [4.78, 5) is 12.6.